The van der Waals surface area contributed by atoms with Crippen molar-refractivity contribution in [2.24, 2.45) is 0 Å². The maximum atomic E-state index is 10.8. The summed E-state index contributed by atoms with van der Waals surface area (Å²) in [6, 6.07) is 0. The smallest absolute Gasteiger partial charge is 0.409 e. The Morgan fingerprint density at radius 3 is 3.10 bits per heavy atom. The van der Waals surface area contributed by atoms with Crippen LogP contribution in [0.5, 0.6) is 0 Å². The maximum absolute atomic E-state index is 10.8. The van der Waals surface area contributed by atoms with Crippen molar-refractivity contribution >= 4 is 6.09 Å². The molecule has 1 rings (SSSR count). The molecule has 0 aromatic rings. The van der Waals surface area contributed by atoms with Gasteiger partial charge >= 0.3 is 6.09 Å². The first-order chi connectivity index (χ1) is 4.84. The first-order valence-electron chi connectivity index (χ1n) is 3.22. The summed E-state index contributed by atoms with van der Waals surface area (Å²) < 4.78 is 4.53. The van der Waals surface area contributed by atoms with Crippen molar-refractivity contribution in [2.75, 3.05) is 20.2 Å². The van der Waals surface area contributed by atoms with Crippen molar-refractivity contribution in [1.29, 1.82) is 0 Å². The summed E-state index contributed by atoms with van der Waals surface area (Å²) in [6.07, 6.45) is 5.43. The predicted molar refractivity (Wildman–Crippen MR) is 36.4 cm³/mol. The number of carbonyl (C=O) groups is 1. The van der Waals surface area contributed by atoms with E-state index in [4.69, 9.17) is 0 Å². The fourth-order valence-electron chi connectivity index (χ4n) is 0.863. The zero-order chi connectivity index (χ0) is 7.40. The Bertz CT molecular complexity index is 154. The molecule has 0 saturated heterocycles. The van der Waals surface area contributed by atoms with Crippen LogP contribution < -0.4 is 0 Å². The molecule has 1 radical (unpaired) electrons. The van der Waals surface area contributed by atoms with Gasteiger partial charge in [0.05, 0.1) is 7.11 Å². The minimum Gasteiger partial charge on any atom is -0.453 e. The van der Waals surface area contributed by atoms with E-state index in [0.29, 0.717) is 6.54 Å². The predicted octanol–water partition coefficient (Wildman–Crippen LogP) is 0.818. The van der Waals surface area contributed by atoms with Crippen molar-refractivity contribution < 1.29 is 9.53 Å². The first kappa shape index (κ1) is 7.12. The molecule has 0 aliphatic carbocycles. The number of amides is 1. The van der Waals surface area contributed by atoms with Crippen molar-refractivity contribution in [2.45, 2.75) is 6.42 Å². The van der Waals surface area contributed by atoms with E-state index in [1.807, 2.05) is 6.08 Å². The molecule has 3 heteroatoms. The first-order valence-corrected chi connectivity index (χ1v) is 3.22. The summed E-state index contributed by atoms with van der Waals surface area (Å²) in [6.45, 7) is 1.36. The molecule has 1 amide bonds. The van der Waals surface area contributed by atoms with Gasteiger partial charge in [0.2, 0.25) is 0 Å². The minimum atomic E-state index is -0.252. The van der Waals surface area contributed by atoms with E-state index in [2.05, 4.69) is 10.8 Å². The van der Waals surface area contributed by atoms with Crippen LogP contribution in [0.4, 0.5) is 4.79 Å². The Labute approximate surface area is 60.3 Å². The van der Waals surface area contributed by atoms with Gasteiger partial charge in [-0.3, -0.25) is 0 Å². The standard InChI is InChI=1S/C7H10NO2/c1-10-7(9)8-5-3-2-4-6-8/h3H,4-6H2,1H3. The summed E-state index contributed by atoms with van der Waals surface area (Å²) >= 11 is 0. The van der Waals surface area contributed by atoms with Crippen molar-refractivity contribution in [3.05, 3.63) is 12.2 Å². The second-order valence-corrected chi connectivity index (χ2v) is 2.07. The molecule has 55 valence electrons. The molecule has 0 aromatic heterocycles. The van der Waals surface area contributed by atoms with E-state index >= 15 is 0 Å². The lowest BCUT2D eigenvalue weighted by Crippen LogP contribution is -2.33. The third-order valence-electron chi connectivity index (χ3n) is 1.41. The largest absolute Gasteiger partial charge is 0.453 e. The number of rotatable bonds is 0. The van der Waals surface area contributed by atoms with Gasteiger partial charge in [-0.1, -0.05) is 6.08 Å². The van der Waals surface area contributed by atoms with Crippen LogP contribution in [0.1, 0.15) is 6.42 Å². The number of carbonyl (C=O) groups excluding carboxylic acids is 1. The minimum absolute atomic E-state index is 0.252. The summed E-state index contributed by atoms with van der Waals surface area (Å²) in [7, 11) is 1.39. The molecule has 1 heterocycles. The molecule has 0 fully saturated rings. The lowest BCUT2D eigenvalue weighted by molar-refractivity contribution is 0.127. The quantitative estimate of drug-likeness (QED) is 0.498. The lowest BCUT2D eigenvalue weighted by atomic mass is 10.3. The van der Waals surface area contributed by atoms with E-state index in [-0.39, 0.29) is 6.09 Å². The summed E-state index contributed by atoms with van der Waals surface area (Å²) in [5.41, 5.74) is 0. The lowest BCUT2D eigenvalue weighted by Gasteiger charge is -2.20. The Morgan fingerprint density at radius 1 is 1.80 bits per heavy atom. The highest BCUT2D eigenvalue weighted by atomic mass is 16.5. The van der Waals surface area contributed by atoms with Crippen molar-refractivity contribution in [1.82, 2.24) is 4.90 Å². The summed E-state index contributed by atoms with van der Waals surface area (Å²) in [4.78, 5) is 12.5. The van der Waals surface area contributed by atoms with Gasteiger partial charge in [-0.25, -0.2) is 4.79 Å². The molecule has 0 N–H and O–H groups in total. The Hall–Kier alpha value is -0.990. The van der Waals surface area contributed by atoms with E-state index in [1.165, 1.54) is 7.11 Å². The van der Waals surface area contributed by atoms with E-state index < -0.39 is 0 Å². The highest BCUT2D eigenvalue weighted by Crippen LogP contribution is 2.01. The zero-order valence-electron chi connectivity index (χ0n) is 5.96. The van der Waals surface area contributed by atoms with Gasteiger partial charge in [0, 0.05) is 13.1 Å². The number of ether oxygens (including phenoxy) is 1. The highest BCUT2D eigenvalue weighted by molar-refractivity contribution is 5.67. The van der Waals surface area contributed by atoms with Crippen LogP contribution in [0, 0.1) is 6.08 Å². The Morgan fingerprint density at radius 2 is 2.60 bits per heavy atom. The maximum Gasteiger partial charge on any atom is 0.409 e. The molecule has 1 aliphatic heterocycles. The van der Waals surface area contributed by atoms with E-state index in [1.54, 1.807) is 4.90 Å². The van der Waals surface area contributed by atoms with Crippen LogP contribution in [0.15, 0.2) is 6.08 Å². The fraction of sp³-hybridized carbons (Fsp3) is 0.571. The molecule has 0 spiro atoms. The average Bonchev–Trinajstić information content (AvgIpc) is 2.05. The van der Waals surface area contributed by atoms with Gasteiger partial charge in [-0.05, 0) is 12.5 Å². The molecule has 0 bridgehead atoms. The second-order valence-electron chi connectivity index (χ2n) is 2.07. The fourth-order valence-corrected chi connectivity index (χ4v) is 0.863. The van der Waals surface area contributed by atoms with Crippen molar-refractivity contribution in [3.63, 3.8) is 0 Å². The zero-order valence-corrected chi connectivity index (χ0v) is 5.96. The number of methoxy groups -OCH3 is 1. The number of hydrogen-bond donors (Lipinski definition) is 0. The molecule has 10 heavy (non-hydrogen) atoms. The van der Waals surface area contributed by atoms with Gasteiger partial charge < -0.3 is 9.64 Å². The molecule has 1 aliphatic rings. The van der Waals surface area contributed by atoms with Gasteiger partial charge in [0.15, 0.2) is 0 Å². The van der Waals surface area contributed by atoms with Crippen molar-refractivity contribution in [3.8, 4) is 0 Å². The topological polar surface area (TPSA) is 29.5 Å². The van der Waals surface area contributed by atoms with Crippen LogP contribution >= 0.6 is 0 Å². The van der Waals surface area contributed by atoms with E-state index in [0.717, 1.165) is 13.0 Å². The Balaban J connectivity index is 2.41. The third kappa shape index (κ3) is 1.50. The summed E-state index contributed by atoms with van der Waals surface area (Å²) in [5.74, 6) is 0. The number of hydrogen-bond acceptors (Lipinski definition) is 2. The van der Waals surface area contributed by atoms with Gasteiger partial charge in [0.1, 0.15) is 0 Å². The second kappa shape index (κ2) is 3.25. The molecule has 0 unspecified atom stereocenters. The van der Waals surface area contributed by atoms with Crippen LogP contribution in [0.2, 0.25) is 0 Å². The Kier molecular flexibility index (Phi) is 2.31. The third-order valence-corrected chi connectivity index (χ3v) is 1.41. The molecule has 0 saturated carbocycles. The molecule has 0 aromatic carbocycles. The number of nitrogens with zero attached hydrogens (tertiary/aromatic N) is 1. The van der Waals surface area contributed by atoms with Crippen LogP contribution in [0.25, 0.3) is 0 Å². The molecule has 0 atom stereocenters. The van der Waals surface area contributed by atoms with Gasteiger partial charge in [-0.2, -0.15) is 0 Å². The van der Waals surface area contributed by atoms with Crippen LogP contribution in [-0.2, 0) is 4.74 Å². The van der Waals surface area contributed by atoms with Crippen LogP contribution in [-0.4, -0.2) is 31.2 Å². The summed E-state index contributed by atoms with van der Waals surface area (Å²) in [5, 5.41) is 0. The molecular weight excluding hydrogens is 130 g/mol. The average molecular weight is 140 g/mol. The SMILES string of the molecule is COC(=O)N1CC=[C]CC1. The van der Waals surface area contributed by atoms with Gasteiger partial charge in [-0.15, -0.1) is 0 Å². The monoisotopic (exact) mass is 140 g/mol. The van der Waals surface area contributed by atoms with E-state index in [9.17, 15) is 4.79 Å². The highest BCUT2D eigenvalue weighted by Gasteiger charge is 2.12. The van der Waals surface area contributed by atoms with Gasteiger partial charge in [0.25, 0.3) is 0 Å². The van der Waals surface area contributed by atoms with Crippen LogP contribution in [0.3, 0.4) is 0 Å². The molecule has 3 nitrogen and oxygen atoms in total. The molecular formula is C7H10NO2. The normalized spacial score (nSPS) is 17.1.